The second kappa shape index (κ2) is 21.6. The van der Waals surface area contributed by atoms with Gasteiger partial charge in [-0.3, -0.25) is 28.8 Å². The first-order valence-electron chi connectivity index (χ1n) is 19.9. The Bertz CT molecular complexity index is 2480. The van der Waals surface area contributed by atoms with Gasteiger partial charge < -0.3 is 41.6 Å². The molecule has 0 spiro atoms. The monoisotopic (exact) mass is 906 g/mol. The van der Waals surface area contributed by atoms with Gasteiger partial charge >= 0.3 is 5.97 Å². The molecule has 7 N–H and O–H groups in total. The number of nitrogens with zero attached hydrogens (tertiary/aromatic N) is 10. The van der Waals surface area contributed by atoms with Crippen LogP contribution in [0.5, 0.6) is 5.75 Å². The SMILES string of the molecule is CC(C)(C)OC(=O)Cn1cc(CN(CC(F)(F)CCC(N)=O)C(=O)c2cc(C(=O)NCc3cn(CCO)nn3)cc(C(=O)NCc3cn(Cc4ccc(OCC(N)=O)cc4)nn3)c2)nn1. The van der Waals surface area contributed by atoms with Crippen LogP contribution in [0.25, 0.3) is 0 Å². The van der Waals surface area contributed by atoms with Gasteiger partial charge in [0.2, 0.25) is 5.91 Å². The van der Waals surface area contributed by atoms with Crippen molar-refractivity contribution in [2.45, 2.75) is 84.4 Å². The van der Waals surface area contributed by atoms with E-state index in [4.69, 9.17) is 20.9 Å². The van der Waals surface area contributed by atoms with Gasteiger partial charge in [0.25, 0.3) is 29.6 Å². The molecule has 0 aliphatic heterocycles. The van der Waals surface area contributed by atoms with Crippen molar-refractivity contribution in [3.8, 4) is 5.75 Å². The zero-order valence-corrected chi connectivity index (χ0v) is 35.6. The highest BCUT2D eigenvalue weighted by Crippen LogP contribution is 2.25. The molecule has 3 heterocycles. The number of primary amides is 2. The molecule has 23 nitrogen and oxygen atoms in total. The third kappa shape index (κ3) is 15.6. The largest absolute Gasteiger partial charge is 0.484 e. The summed E-state index contributed by atoms with van der Waals surface area (Å²) in [5.41, 5.74) is 10.2. The van der Waals surface area contributed by atoms with Crippen molar-refractivity contribution in [3.05, 3.63) is 100 Å². The Morgan fingerprint density at radius 1 is 0.769 bits per heavy atom. The van der Waals surface area contributed by atoms with E-state index in [0.717, 1.165) is 22.4 Å². The lowest BCUT2D eigenvalue weighted by Crippen LogP contribution is -2.41. The van der Waals surface area contributed by atoms with Gasteiger partial charge in [-0.2, -0.15) is 0 Å². The quantitative estimate of drug-likeness (QED) is 0.0544. The van der Waals surface area contributed by atoms with E-state index in [0.29, 0.717) is 22.0 Å². The molecule has 65 heavy (non-hydrogen) atoms. The predicted octanol–water partition coefficient (Wildman–Crippen LogP) is 0.111. The third-order valence-electron chi connectivity index (χ3n) is 8.81. The van der Waals surface area contributed by atoms with E-state index in [1.807, 2.05) is 0 Å². The minimum absolute atomic E-state index is 0.00648. The Morgan fingerprint density at radius 2 is 1.32 bits per heavy atom. The van der Waals surface area contributed by atoms with Gasteiger partial charge in [-0.15, -0.1) is 15.3 Å². The number of esters is 1. The van der Waals surface area contributed by atoms with Gasteiger partial charge in [0.15, 0.2) is 6.61 Å². The topological polar surface area (TPSA) is 313 Å². The lowest BCUT2D eigenvalue weighted by atomic mass is 10.0. The number of nitrogens with one attached hydrogen (secondary N) is 2. The van der Waals surface area contributed by atoms with E-state index in [2.05, 4.69) is 41.6 Å². The number of ether oxygens (including phenoxy) is 2. The summed E-state index contributed by atoms with van der Waals surface area (Å²) >= 11 is 0. The van der Waals surface area contributed by atoms with Crippen molar-refractivity contribution in [3.63, 3.8) is 0 Å². The number of benzene rings is 2. The van der Waals surface area contributed by atoms with Crippen LogP contribution in [0.3, 0.4) is 0 Å². The minimum Gasteiger partial charge on any atom is -0.484 e. The normalized spacial score (nSPS) is 11.5. The summed E-state index contributed by atoms with van der Waals surface area (Å²) in [6, 6.07) is 10.3. The fourth-order valence-electron chi connectivity index (χ4n) is 5.96. The molecular formula is C40H48F2N14O9. The molecule has 5 rings (SSSR count). The minimum atomic E-state index is -3.65. The second-order valence-electron chi connectivity index (χ2n) is 15.6. The molecule has 2 aromatic carbocycles. The zero-order valence-electron chi connectivity index (χ0n) is 35.6. The maximum absolute atomic E-state index is 15.4. The lowest BCUT2D eigenvalue weighted by Gasteiger charge is -2.27. The first kappa shape index (κ1) is 48.3. The summed E-state index contributed by atoms with van der Waals surface area (Å²) in [7, 11) is 0. The molecule has 0 bridgehead atoms. The Kier molecular flexibility index (Phi) is 16.1. The van der Waals surface area contributed by atoms with Crippen molar-refractivity contribution in [2.24, 2.45) is 11.5 Å². The number of carbonyl (C=O) groups is 6. The number of hydrogen-bond acceptors (Lipinski definition) is 15. The van der Waals surface area contributed by atoms with Gasteiger partial charge in [-0.1, -0.05) is 27.8 Å². The molecule has 0 saturated carbocycles. The van der Waals surface area contributed by atoms with E-state index in [-0.39, 0.29) is 68.3 Å². The number of aliphatic hydroxyl groups excluding tert-OH is 1. The number of hydrogen-bond donors (Lipinski definition) is 5. The Labute approximate surface area is 369 Å². The smallest absolute Gasteiger partial charge is 0.328 e. The molecule has 5 aromatic rings. The van der Waals surface area contributed by atoms with Crippen molar-refractivity contribution >= 4 is 35.5 Å². The van der Waals surface area contributed by atoms with Crippen LogP contribution in [-0.4, -0.2) is 122 Å². The van der Waals surface area contributed by atoms with E-state index in [9.17, 15) is 33.9 Å². The fourth-order valence-corrected chi connectivity index (χ4v) is 5.96. The van der Waals surface area contributed by atoms with Crippen LogP contribution in [0.1, 0.15) is 87.3 Å². The van der Waals surface area contributed by atoms with E-state index in [1.165, 1.54) is 27.8 Å². The first-order valence-corrected chi connectivity index (χ1v) is 19.9. The Morgan fingerprint density at radius 3 is 1.91 bits per heavy atom. The Hall–Kier alpha value is -7.70. The van der Waals surface area contributed by atoms with E-state index >= 15 is 8.78 Å². The molecule has 0 saturated heterocycles. The molecule has 0 fully saturated rings. The summed E-state index contributed by atoms with van der Waals surface area (Å²) in [5.74, 6) is -8.07. The van der Waals surface area contributed by atoms with Crippen LogP contribution in [0.15, 0.2) is 61.1 Å². The number of nitrogens with two attached hydrogens (primary N) is 2. The van der Waals surface area contributed by atoms with Crippen LogP contribution in [0, 0.1) is 0 Å². The number of carbonyl (C=O) groups excluding carboxylic acids is 6. The maximum Gasteiger partial charge on any atom is 0.328 e. The standard InChI is InChI=1S/C40H48F2N14O9/c1-39(2,3)65-35(60)22-56-21-31(49-52-56)18-53(24-40(41,42)9-8-33(43)58)38(63)28-13-26(36(61)45-15-29-19-54(10-11-57)50-47-29)12-27(14-28)37(62)46-16-30-20-55(51-48-30)17-25-4-6-32(7-5-25)64-23-34(44)59/h4-7,12-14,19-21,57H,8-11,15-18,22-24H2,1-3H3,(H2,43,58)(H2,44,59)(H,45,61)(H,46,62). The van der Waals surface area contributed by atoms with Crippen LogP contribution >= 0.6 is 0 Å². The number of alkyl halides is 2. The molecule has 0 aliphatic carbocycles. The van der Waals surface area contributed by atoms with Gasteiger partial charge in [0.1, 0.15) is 35.0 Å². The van der Waals surface area contributed by atoms with Gasteiger partial charge in [0, 0.05) is 29.5 Å². The molecule has 3 aromatic heterocycles. The molecule has 25 heteroatoms. The molecular weight excluding hydrogens is 859 g/mol. The van der Waals surface area contributed by atoms with Crippen molar-refractivity contribution in [1.82, 2.24) is 60.5 Å². The summed E-state index contributed by atoms with van der Waals surface area (Å²) in [4.78, 5) is 77.2. The molecule has 0 radical (unpaired) electrons. The lowest BCUT2D eigenvalue weighted by molar-refractivity contribution is -0.155. The summed E-state index contributed by atoms with van der Waals surface area (Å²) in [5, 5.41) is 38.3. The predicted molar refractivity (Wildman–Crippen MR) is 220 cm³/mol. The number of rotatable bonds is 23. The number of amides is 5. The van der Waals surface area contributed by atoms with Crippen LogP contribution < -0.4 is 26.8 Å². The summed E-state index contributed by atoms with van der Waals surface area (Å²) in [6.07, 6.45) is 2.64. The van der Waals surface area contributed by atoms with Crippen molar-refractivity contribution in [2.75, 3.05) is 19.8 Å². The van der Waals surface area contributed by atoms with E-state index in [1.54, 1.807) is 51.2 Å². The number of aliphatic hydroxyl groups is 1. The Balaban J connectivity index is 1.39. The van der Waals surface area contributed by atoms with Gasteiger partial charge in [-0.25, -0.2) is 22.8 Å². The van der Waals surface area contributed by atoms with Crippen LogP contribution in [-0.2, 0) is 58.4 Å². The number of aromatic nitrogens is 9. The van der Waals surface area contributed by atoms with Crippen molar-refractivity contribution in [1.29, 1.82) is 0 Å². The van der Waals surface area contributed by atoms with Crippen molar-refractivity contribution < 1.29 is 52.1 Å². The molecule has 0 aliphatic rings. The summed E-state index contributed by atoms with van der Waals surface area (Å²) in [6.45, 7) is 2.48. The van der Waals surface area contributed by atoms with E-state index < -0.39 is 73.0 Å². The molecule has 346 valence electrons. The highest BCUT2D eigenvalue weighted by molar-refractivity contribution is 6.04. The van der Waals surface area contributed by atoms with Crippen LogP contribution in [0.4, 0.5) is 8.78 Å². The highest BCUT2D eigenvalue weighted by Gasteiger charge is 2.35. The van der Waals surface area contributed by atoms with Crippen LogP contribution in [0.2, 0.25) is 0 Å². The van der Waals surface area contributed by atoms with Gasteiger partial charge in [-0.05, 0) is 56.7 Å². The first-order chi connectivity index (χ1) is 30.7. The van der Waals surface area contributed by atoms with Gasteiger partial charge in [0.05, 0.1) is 64.5 Å². The third-order valence-corrected chi connectivity index (χ3v) is 8.81. The average Bonchev–Trinajstić information content (AvgIpc) is 4.01. The summed E-state index contributed by atoms with van der Waals surface area (Å²) < 4.78 is 45.4. The average molecular weight is 907 g/mol. The second-order valence-corrected chi connectivity index (χ2v) is 15.6. The molecule has 5 amide bonds. The number of halogens is 2. The molecule has 0 unspecified atom stereocenters. The fraction of sp³-hybridized carbons (Fsp3) is 0.400. The zero-order chi connectivity index (χ0) is 47.3. The molecule has 0 atom stereocenters. The highest BCUT2D eigenvalue weighted by atomic mass is 19.3. The maximum atomic E-state index is 15.4.